The second-order valence-corrected chi connectivity index (χ2v) is 8.14. The zero-order valence-electron chi connectivity index (χ0n) is 13.8. The van der Waals surface area contributed by atoms with Crippen LogP contribution in [-0.4, -0.2) is 26.7 Å². The standard InChI is InChI=1S/C16H20ClIN4O2/c1-5-9(12(16(2,3)4)24-15(19)23)6-22-7-10(18)11-13(17)20-8-21-14(11)22/h5,7-9,12H,1,6H2,2-4H3,(H2,19,23)/t9?,12-/m1/s1. The Labute approximate surface area is 159 Å². The number of ether oxygens (including phenoxy) is 1. The second kappa shape index (κ2) is 7.26. The number of amides is 1. The summed E-state index contributed by atoms with van der Waals surface area (Å²) in [7, 11) is 0. The van der Waals surface area contributed by atoms with Crippen LogP contribution in [0.2, 0.25) is 5.15 Å². The molecule has 2 N–H and O–H groups in total. The molecule has 0 aliphatic heterocycles. The van der Waals surface area contributed by atoms with E-state index in [2.05, 4.69) is 39.1 Å². The molecule has 2 aromatic heterocycles. The van der Waals surface area contributed by atoms with Crippen LogP contribution in [0.3, 0.4) is 0 Å². The maximum Gasteiger partial charge on any atom is 0.404 e. The first-order valence-electron chi connectivity index (χ1n) is 7.38. The first kappa shape index (κ1) is 19.0. The summed E-state index contributed by atoms with van der Waals surface area (Å²) in [5.41, 5.74) is 5.69. The maximum atomic E-state index is 11.3. The summed E-state index contributed by atoms with van der Waals surface area (Å²) < 4.78 is 8.31. The van der Waals surface area contributed by atoms with Crippen LogP contribution in [0.4, 0.5) is 4.79 Å². The van der Waals surface area contributed by atoms with E-state index < -0.39 is 12.2 Å². The van der Waals surface area contributed by atoms with E-state index in [-0.39, 0.29) is 11.3 Å². The number of primary amides is 1. The average Bonchev–Trinajstić information content (AvgIpc) is 2.79. The SMILES string of the molecule is C=CC(Cn1cc(I)c2c(Cl)ncnc21)[C@@H](OC(N)=O)C(C)(C)C. The number of halogens is 2. The van der Waals surface area contributed by atoms with Gasteiger partial charge in [-0.05, 0) is 28.0 Å². The summed E-state index contributed by atoms with van der Waals surface area (Å²) in [5, 5.41) is 1.23. The quantitative estimate of drug-likeness (QED) is 0.413. The molecule has 0 saturated carbocycles. The molecule has 0 saturated heterocycles. The van der Waals surface area contributed by atoms with Gasteiger partial charge >= 0.3 is 6.09 Å². The number of nitrogens with zero attached hydrogens (tertiary/aromatic N) is 3. The molecule has 0 aliphatic rings. The number of hydrogen-bond donors (Lipinski definition) is 1. The molecule has 0 spiro atoms. The number of nitrogens with two attached hydrogens (primary N) is 1. The first-order chi connectivity index (χ1) is 11.1. The van der Waals surface area contributed by atoms with E-state index in [9.17, 15) is 4.79 Å². The van der Waals surface area contributed by atoms with Gasteiger partial charge in [0.15, 0.2) is 0 Å². The largest absolute Gasteiger partial charge is 0.445 e. The lowest BCUT2D eigenvalue weighted by Gasteiger charge is -2.34. The molecule has 2 atom stereocenters. The molecule has 2 rings (SSSR count). The van der Waals surface area contributed by atoms with Crippen LogP contribution < -0.4 is 5.73 Å². The Morgan fingerprint density at radius 1 is 1.54 bits per heavy atom. The molecule has 6 nitrogen and oxygen atoms in total. The van der Waals surface area contributed by atoms with Crippen LogP contribution >= 0.6 is 34.2 Å². The minimum atomic E-state index is -0.793. The lowest BCUT2D eigenvalue weighted by atomic mass is 9.81. The van der Waals surface area contributed by atoms with E-state index in [1.165, 1.54) is 6.33 Å². The van der Waals surface area contributed by atoms with E-state index in [1.807, 2.05) is 31.5 Å². The Bertz CT molecular complexity index is 769. The third-order valence-electron chi connectivity index (χ3n) is 3.76. The molecule has 130 valence electrons. The Morgan fingerprint density at radius 2 is 2.21 bits per heavy atom. The van der Waals surface area contributed by atoms with Gasteiger partial charge in [0.1, 0.15) is 23.2 Å². The van der Waals surface area contributed by atoms with Crippen LogP contribution in [-0.2, 0) is 11.3 Å². The van der Waals surface area contributed by atoms with Crippen molar-refractivity contribution in [3.05, 3.63) is 33.9 Å². The smallest absolute Gasteiger partial charge is 0.404 e. The van der Waals surface area contributed by atoms with Crippen LogP contribution in [0.5, 0.6) is 0 Å². The third kappa shape index (κ3) is 4.00. The second-order valence-electron chi connectivity index (χ2n) is 6.62. The van der Waals surface area contributed by atoms with Crippen LogP contribution in [0.1, 0.15) is 20.8 Å². The normalized spacial score (nSPS) is 14.4. The highest BCUT2D eigenvalue weighted by atomic mass is 127. The van der Waals surface area contributed by atoms with Gasteiger partial charge in [-0.2, -0.15) is 0 Å². The number of fused-ring (bicyclic) bond motifs is 1. The minimum Gasteiger partial charge on any atom is -0.445 e. The van der Waals surface area contributed by atoms with E-state index >= 15 is 0 Å². The van der Waals surface area contributed by atoms with Gasteiger partial charge in [0, 0.05) is 22.2 Å². The molecule has 24 heavy (non-hydrogen) atoms. The molecular formula is C16H20ClIN4O2. The lowest BCUT2D eigenvalue weighted by molar-refractivity contribution is 0.00558. The number of carbonyl (C=O) groups excluding carboxylic acids is 1. The molecule has 1 amide bonds. The fourth-order valence-electron chi connectivity index (χ4n) is 2.73. The molecule has 0 fully saturated rings. The zero-order chi connectivity index (χ0) is 18.1. The van der Waals surface area contributed by atoms with E-state index in [0.717, 1.165) is 14.6 Å². The number of hydrogen-bond acceptors (Lipinski definition) is 4. The molecule has 8 heteroatoms. The highest BCUT2D eigenvalue weighted by Crippen LogP contribution is 2.32. The van der Waals surface area contributed by atoms with Gasteiger partial charge in [0.25, 0.3) is 0 Å². The summed E-state index contributed by atoms with van der Waals surface area (Å²) in [6.07, 6.45) is 3.95. The van der Waals surface area contributed by atoms with Gasteiger partial charge in [0.2, 0.25) is 0 Å². The maximum absolute atomic E-state index is 11.3. The monoisotopic (exact) mass is 462 g/mol. The Morgan fingerprint density at radius 3 is 2.75 bits per heavy atom. The molecule has 2 heterocycles. The summed E-state index contributed by atoms with van der Waals surface area (Å²) in [6, 6.07) is 0. The van der Waals surface area contributed by atoms with Gasteiger partial charge in [-0.1, -0.05) is 38.4 Å². The van der Waals surface area contributed by atoms with Crippen molar-refractivity contribution in [1.82, 2.24) is 14.5 Å². The van der Waals surface area contributed by atoms with Crippen molar-refractivity contribution < 1.29 is 9.53 Å². The van der Waals surface area contributed by atoms with Gasteiger partial charge in [-0.15, -0.1) is 6.58 Å². The van der Waals surface area contributed by atoms with Crippen molar-refractivity contribution in [2.45, 2.75) is 33.4 Å². The fraction of sp³-hybridized carbons (Fsp3) is 0.438. The van der Waals surface area contributed by atoms with Crippen molar-refractivity contribution in [3.63, 3.8) is 0 Å². The molecule has 0 radical (unpaired) electrons. The Balaban J connectivity index is 2.41. The first-order valence-corrected chi connectivity index (χ1v) is 8.84. The third-order valence-corrected chi connectivity index (χ3v) is 4.86. The predicted octanol–water partition coefficient (Wildman–Crippen LogP) is 4.00. The minimum absolute atomic E-state index is 0.141. The Hall–Kier alpha value is -1.35. The van der Waals surface area contributed by atoms with Gasteiger partial charge in [-0.3, -0.25) is 0 Å². The molecule has 1 unspecified atom stereocenters. The van der Waals surface area contributed by atoms with E-state index in [4.69, 9.17) is 22.1 Å². The molecular weight excluding hydrogens is 443 g/mol. The molecule has 0 bridgehead atoms. The molecule has 2 aromatic rings. The van der Waals surface area contributed by atoms with Crippen molar-refractivity contribution in [2.75, 3.05) is 0 Å². The topological polar surface area (TPSA) is 83.0 Å². The molecule has 0 aromatic carbocycles. The lowest BCUT2D eigenvalue weighted by Crippen LogP contribution is -2.40. The Kier molecular flexibility index (Phi) is 5.74. The zero-order valence-corrected chi connectivity index (χ0v) is 16.7. The van der Waals surface area contributed by atoms with E-state index in [0.29, 0.717) is 11.7 Å². The summed E-state index contributed by atoms with van der Waals surface area (Å²) in [4.78, 5) is 19.7. The molecule has 0 aliphatic carbocycles. The summed E-state index contributed by atoms with van der Waals surface area (Å²) in [5.74, 6) is -0.141. The average molecular weight is 463 g/mol. The van der Waals surface area contributed by atoms with Crippen LogP contribution in [0.25, 0.3) is 11.0 Å². The summed E-state index contributed by atoms with van der Waals surface area (Å²) >= 11 is 8.38. The van der Waals surface area contributed by atoms with Crippen LogP contribution in [0, 0.1) is 14.9 Å². The van der Waals surface area contributed by atoms with Gasteiger partial charge in [0.05, 0.1) is 5.39 Å². The highest BCUT2D eigenvalue weighted by Gasteiger charge is 2.34. The van der Waals surface area contributed by atoms with Crippen molar-refractivity contribution in [2.24, 2.45) is 17.1 Å². The van der Waals surface area contributed by atoms with Gasteiger partial charge in [-0.25, -0.2) is 14.8 Å². The highest BCUT2D eigenvalue weighted by molar-refractivity contribution is 14.1. The van der Waals surface area contributed by atoms with Crippen molar-refractivity contribution >= 4 is 51.3 Å². The number of rotatable bonds is 5. The summed E-state index contributed by atoms with van der Waals surface area (Å²) in [6.45, 7) is 10.4. The fourth-order valence-corrected chi connectivity index (χ4v) is 3.96. The van der Waals surface area contributed by atoms with E-state index in [1.54, 1.807) is 6.08 Å². The van der Waals surface area contributed by atoms with Crippen molar-refractivity contribution in [3.8, 4) is 0 Å². The van der Waals surface area contributed by atoms with Crippen molar-refractivity contribution in [1.29, 1.82) is 0 Å². The van der Waals surface area contributed by atoms with Gasteiger partial charge < -0.3 is 15.0 Å². The number of carbonyl (C=O) groups is 1. The number of aromatic nitrogens is 3. The van der Waals surface area contributed by atoms with Crippen LogP contribution in [0.15, 0.2) is 25.2 Å². The predicted molar refractivity (Wildman–Crippen MR) is 103 cm³/mol.